The first-order valence-electron chi connectivity index (χ1n) is 12.0. The van der Waals surface area contributed by atoms with Crippen LogP contribution in [0.25, 0.3) is 0 Å². The van der Waals surface area contributed by atoms with Crippen molar-refractivity contribution in [2.45, 2.75) is 52.7 Å². The van der Waals surface area contributed by atoms with Gasteiger partial charge >= 0.3 is 0 Å². The van der Waals surface area contributed by atoms with Gasteiger partial charge in [0.2, 0.25) is 5.91 Å². The van der Waals surface area contributed by atoms with Crippen molar-refractivity contribution in [2.24, 2.45) is 0 Å². The summed E-state index contributed by atoms with van der Waals surface area (Å²) in [5.41, 5.74) is 3.63. The third kappa shape index (κ3) is 8.22. The molecule has 0 fully saturated rings. The third-order valence-electron chi connectivity index (χ3n) is 5.83. The zero-order valence-electron chi connectivity index (χ0n) is 21.4. The first-order chi connectivity index (χ1) is 17.5. The number of benzene rings is 3. The molecule has 5 nitrogen and oxygen atoms in total. The molecule has 1 N–H and O–H groups in total. The largest absolute Gasteiger partial charge is 0.484 e. The molecular weight excluding hydrogens is 575 g/mol. The smallest absolute Gasteiger partial charge is 0.261 e. The van der Waals surface area contributed by atoms with Crippen LogP contribution in [0.1, 0.15) is 36.1 Å². The lowest BCUT2D eigenvalue weighted by Crippen LogP contribution is -2.52. The fraction of sp³-hybridized carbons (Fsp3) is 0.310. The van der Waals surface area contributed by atoms with Crippen LogP contribution in [0, 0.1) is 13.8 Å². The van der Waals surface area contributed by atoms with Gasteiger partial charge in [-0.25, -0.2) is 0 Å². The molecule has 0 bridgehead atoms. The molecular formula is C29H31BrCl2N2O3. The van der Waals surface area contributed by atoms with Gasteiger partial charge in [0.25, 0.3) is 5.91 Å². The predicted molar refractivity (Wildman–Crippen MR) is 153 cm³/mol. The number of hydrogen-bond donors (Lipinski definition) is 1. The minimum atomic E-state index is -0.777. The summed E-state index contributed by atoms with van der Waals surface area (Å²) < 4.78 is 6.91. The van der Waals surface area contributed by atoms with Crippen molar-refractivity contribution in [2.75, 3.05) is 6.61 Å². The molecule has 0 spiro atoms. The summed E-state index contributed by atoms with van der Waals surface area (Å²) in [6.07, 6.45) is 0.340. The number of carbonyl (C=O) groups excluding carboxylic acids is 2. The number of halogens is 3. The Kier molecular flexibility index (Phi) is 10.4. The molecule has 3 rings (SSSR count). The molecule has 1 atom stereocenters. The highest BCUT2D eigenvalue weighted by Gasteiger charge is 2.31. The van der Waals surface area contributed by atoms with Gasteiger partial charge in [-0.15, -0.1) is 0 Å². The highest BCUT2D eigenvalue weighted by atomic mass is 79.9. The number of amides is 2. The summed E-state index contributed by atoms with van der Waals surface area (Å²) in [7, 11) is 0. The van der Waals surface area contributed by atoms with Gasteiger partial charge in [0.05, 0.1) is 0 Å². The van der Waals surface area contributed by atoms with Crippen molar-refractivity contribution in [1.82, 2.24) is 10.2 Å². The van der Waals surface area contributed by atoms with E-state index in [2.05, 4.69) is 21.2 Å². The fourth-order valence-electron chi connectivity index (χ4n) is 3.99. The summed E-state index contributed by atoms with van der Waals surface area (Å²) in [5.74, 6) is 0.0129. The second-order valence-electron chi connectivity index (χ2n) is 9.29. The Morgan fingerprint density at radius 2 is 1.65 bits per heavy atom. The number of ether oxygens (including phenoxy) is 1. The maximum Gasteiger partial charge on any atom is 0.261 e. The highest BCUT2D eigenvalue weighted by Crippen LogP contribution is 2.27. The SMILES string of the molecule is Cc1cc(OCC(=O)N(Cc2ccc(Cl)cc2Cl)[C@H](Cc2ccccc2)C(=O)NC(C)C)cc(C)c1Br. The van der Waals surface area contributed by atoms with Crippen LogP contribution < -0.4 is 10.1 Å². The molecule has 0 radical (unpaired) electrons. The third-order valence-corrected chi connectivity index (χ3v) is 7.67. The molecule has 37 heavy (non-hydrogen) atoms. The Labute approximate surface area is 237 Å². The minimum Gasteiger partial charge on any atom is -0.484 e. The highest BCUT2D eigenvalue weighted by molar-refractivity contribution is 9.10. The molecule has 3 aromatic rings. The Bertz CT molecular complexity index is 1230. The van der Waals surface area contributed by atoms with E-state index in [0.717, 1.165) is 21.2 Å². The second-order valence-corrected chi connectivity index (χ2v) is 10.9. The van der Waals surface area contributed by atoms with Gasteiger partial charge in [0.15, 0.2) is 6.61 Å². The molecule has 2 amide bonds. The molecule has 0 saturated carbocycles. The first kappa shape index (κ1) is 29.0. The molecule has 0 aliphatic rings. The summed E-state index contributed by atoms with van der Waals surface area (Å²) in [6, 6.07) is 17.6. The van der Waals surface area contributed by atoms with Crippen molar-refractivity contribution in [3.8, 4) is 5.75 Å². The van der Waals surface area contributed by atoms with E-state index in [1.807, 2.05) is 70.2 Å². The van der Waals surface area contributed by atoms with Crippen LogP contribution in [0.15, 0.2) is 65.1 Å². The molecule has 0 unspecified atom stereocenters. The van der Waals surface area contributed by atoms with E-state index in [4.69, 9.17) is 27.9 Å². The zero-order chi connectivity index (χ0) is 27.1. The van der Waals surface area contributed by atoms with Gasteiger partial charge in [-0.2, -0.15) is 0 Å². The lowest BCUT2D eigenvalue weighted by atomic mass is 10.0. The molecule has 0 aliphatic heterocycles. The molecule has 8 heteroatoms. The minimum absolute atomic E-state index is 0.0909. The standard InChI is InChI=1S/C29H31BrCl2N2O3/c1-18(2)33-29(36)26(14-21-8-6-5-7-9-21)34(16-22-10-11-23(31)15-25(22)32)27(35)17-37-24-12-19(3)28(30)20(4)13-24/h5-13,15,18,26H,14,16-17H2,1-4H3,(H,33,36)/t26-/m1/s1. The average molecular weight is 606 g/mol. The van der Waals surface area contributed by atoms with Gasteiger partial charge in [-0.3, -0.25) is 9.59 Å². The molecule has 0 saturated heterocycles. The van der Waals surface area contributed by atoms with Gasteiger partial charge < -0.3 is 15.0 Å². The summed E-state index contributed by atoms with van der Waals surface area (Å²) in [5, 5.41) is 3.89. The second kappa shape index (κ2) is 13.3. The van der Waals surface area contributed by atoms with Crippen molar-refractivity contribution in [1.29, 1.82) is 0 Å². The number of hydrogen-bond acceptors (Lipinski definition) is 3. The monoisotopic (exact) mass is 604 g/mol. The van der Waals surface area contributed by atoms with Gasteiger partial charge in [0.1, 0.15) is 11.8 Å². The Morgan fingerprint density at radius 3 is 2.24 bits per heavy atom. The van der Waals surface area contributed by atoms with Crippen molar-refractivity contribution in [3.05, 3.63) is 97.4 Å². The number of nitrogens with one attached hydrogen (secondary N) is 1. The van der Waals surface area contributed by atoms with Crippen LogP contribution >= 0.6 is 39.1 Å². The van der Waals surface area contributed by atoms with Gasteiger partial charge in [0, 0.05) is 33.5 Å². The number of nitrogens with zero attached hydrogens (tertiary/aromatic N) is 1. The summed E-state index contributed by atoms with van der Waals surface area (Å²) in [6.45, 7) is 7.60. The molecule has 0 aromatic heterocycles. The van der Waals surface area contributed by atoms with E-state index >= 15 is 0 Å². The van der Waals surface area contributed by atoms with Crippen molar-refractivity contribution >= 4 is 50.9 Å². The summed E-state index contributed by atoms with van der Waals surface area (Å²) in [4.78, 5) is 28.7. The fourth-order valence-corrected chi connectivity index (χ4v) is 4.68. The number of aryl methyl sites for hydroxylation is 2. The maximum absolute atomic E-state index is 13.7. The zero-order valence-corrected chi connectivity index (χ0v) is 24.5. The van der Waals surface area contributed by atoms with Gasteiger partial charge in [-0.1, -0.05) is 75.5 Å². The number of rotatable bonds is 10. The molecule has 0 aliphatic carbocycles. The molecule has 3 aromatic carbocycles. The van der Waals surface area contributed by atoms with Crippen LogP contribution in [0.2, 0.25) is 10.0 Å². The Balaban J connectivity index is 1.95. The lowest BCUT2D eigenvalue weighted by Gasteiger charge is -2.32. The van der Waals surface area contributed by atoms with E-state index < -0.39 is 6.04 Å². The normalized spacial score (nSPS) is 11.8. The average Bonchev–Trinajstić information content (AvgIpc) is 2.84. The summed E-state index contributed by atoms with van der Waals surface area (Å²) >= 11 is 16.1. The van der Waals surface area contributed by atoms with E-state index in [1.165, 1.54) is 0 Å². The van der Waals surface area contributed by atoms with Crippen LogP contribution in [-0.4, -0.2) is 35.4 Å². The topological polar surface area (TPSA) is 58.6 Å². The van der Waals surface area contributed by atoms with Gasteiger partial charge in [-0.05, 0) is 74.2 Å². The van der Waals surface area contributed by atoms with E-state index in [1.54, 1.807) is 23.1 Å². The van der Waals surface area contributed by atoms with E-state index in [9.17, 15) is 9.59 Å². The van der Waals surface area contributed by atoms with E-state index in [-0.39, 0.29) is 31.0 Å². The van der Waals surface area contributed by atoms with E-state index in [0.29, 0.717) is 27.8 Å². The van der Waals surface area contributed by atoms with Crippen LogP contribution in [0.3, 0.4) is 0 Å². The van der Waals surface area contributed by atoms with Crippen LogP contribution in [0.4, 0.5) is 0 Å². The molecule has 196 valence electrons. The van der Waals surface area contributed by atoms with Crippen molar-refractivity contribution in [3.63, 3.8) is 0 Å². The first-order valence-corrected chi connectivity index (χ1v) is 13.6. The van der Waals surface area contributed by atoms with Crippen LogP contribution in [-0.2, 0) is 22.6 Å². The Hall–Kier alpha value is -2.54. The molecule has 0 heterocycles. The predicted octanol–water partition coefficient (Wildman–Crippen LogP) is 6.92. The number of carbonyl (C=O) groups is 2. The lowest BCUT2D eigenvalue weighted by molar-refractivity contribution is -0.143. The van der Waals surface area contributed by atoms with Crippen LogP contribution in [0.5, 0.6) is 5.75 Å². The quantitative estimate of drug-likeness (QED) is 0.273. The maximum atomic E-state index is 13.7. The Morgan fingerprint density at radius 1 is 1.00 bits per heavy atom. The van der Waals surface area contributed by atoms with Crippen molar-refractivity contribution < 1.29 is 14.3 Å².